The van der Waals surface area contributed by atoms with Crippen molar-refractivity contribution in [1.29, 1.82) is 0 Å². The zero-order chi connectivity index (χ0) is 20.5. The minimum atomic E-state index is -0.239. The highest BCUT2D eigenvalue weighted by Crippen LogP contribution is 2.35. The highest BCUT2D eigenvalue weighted by molar-refractivity contribution is 6.45. The number of aryl methyl sites for hydroxylation is 2. The molecule has 2 aromatic carbocycles. The SMILES string of the molecule is CCN1CCN(C2=C(c3ccccc3)C(=O)N(c3ccc(C)c(C)c3)C2=O)CC1. The van der Waals surface area contributed by atoms with Gasteiger partial charge in [-0.2, -0.15) is 0 Å². The van der Waals surface area contributed by atoms with Crippen molar-refractivity contribution in [3.8, 4) is 0 Å². The highest BCUT2D eigenvalue weighted by atomic mass is 16.2. The van der Waals surface area contributed by atoms with Crippen LogP contribution < -0.4 is 4.90 Å². The molecule has 2 aliphatic rings. The Balaban J connectivity index is 1.77. The van der Waals surface area contributed by atoms with E-state index in [1.807, 2.05) is 62.4 Å². The molecule has 2 aliphatic heterocycles. The summed E-state index contributed by atoms with van der Waals surface area (Å²) >= 11 is 0. The average molecular weight is 389 g/mol. The van der Waals surface area contributed by atoms with Crippen molar-refractivity contribution < 1.29 is 9.59 Å². The molecule has 2 amide bonds. The summed E-state index contributed by atoms with van der Waals surface area (Å²) in [6, 6.07) is 15.3. The van der Waals surface area contributed by atoms with Crippen molar-refractivity contribution in [2.75, 3.05) is 37.6 Å². The van der Waals surface area contributed by atoms with Crippen LogP contribution in [0.1, 0.15) is 23.6 Å². The van der Waals surface area contributed by atoms with E-state index in [9.17, 15) is 9.59 Å². The third-order valence-corrected chi connectivity index (χ3v) is 6.01. The number of rotatable bonds is 4. The van der Waals surface area contributed by atoms with E-state index in [0.29, 0.717) is 17.0 Å². The monoisotopic (exact) mass is 389 g/mol. The Bertz CT molecular complexity index is 973. The van der Waals surface area contributed by atoms with Gasteiger partial charge in [0.15, 0.2) is 0 Å². The smallest absolute Gasteiger partial charge is 0.282 e. The fourth-order valence-electron chi connectivity index (χ4n) is 4.06. The van der Waals surface area contributed by atoms with Crippen LogP contribution in [0.4, 0.5) is 5.69 Å². The van der Waals surface area contributed by atoms with Gasteiger partial charge in [0.1, 0.15) is 5.70 Å². The third kappa shape index (κ3) is 3.47. The van der Waals surface area contributed by atoms with Crippen molar-refractivity contribution in [2.24, 2.45) is 0 Å². The van der Waals surface area contributed by atoms with Gasteiger partial charge in [0.2, 0.25) is 0 Å². The normalized spacial score (nSPS) is 18.2. The Morgan fingerprint density at radius 2 is 1.52 bits per heavy atom. The van der Waals surface area contributed by atoms with Gasteiger partial charge in [-0.3, -0.25) is 9.59 Å². The van der Waals surface area contributed by atoms with Gasteiger partial charge in [-0.05, 0) is 49.2 Å². The Morgan fingerprint density at radius 1 is 0.828 bits per heavy atom. The fourth-order valence-corrected chi connectivity index (χ4v) is 4.06. The van der Waals surface area contributed by atoms with E-state index >= 15 is 0 Å². The van der Waals surface area contributed by atoms with E-state index in [-0.39, 0.29) is 11.8 Å². The van der Waals surface area contributed by atoms with Crippen LogP contribution in [0.2, 0.25) is 0 Å². The van der Waals surface area contributed by atoms with Gasteiger partial charge in [-0.25, -0.2) is 4.90 Å². The second-order valence-corrected chi connectivity index (χ2v) is 7.73. The summed E-state index contributed by atoms with van der Waals surface area (Å²) in [6.07, 6.45) is 0. The zero-order valence-corrected chi connectivity index (χ0v) is 17.3. The molecule has 0 aromatic heterocycles. The quantitative estimate of drug-likeness (QED) is 0.753. The van der Waals surface area contributed by atoms with Crippen molar-refractivity contribution in [3.05, 3.63) is 70.9 Å². The molecule has 29 heavy (non-hydrogen) atoms. The fraction of sp³-hybridized carbons (Fsp3) is 0.333. The maximum atomic E-state index is 13.5. The predicted octanol–water partition coefficient (Wildman–Crippen LogP) is 3.23. The van der Waals surface area contributed by atoms with Gasteiger partial charge in [0, 0.05) is 26.2 Å². The first kappa shape index (κ1) is 19.4. The van der Waals surface area contributed by atoms with Crippen LogP contribution in [-0.4, -0.2) is 54.3 Å². The molecule has 0 atom stereocenters. The largest absolute Gasteiger partial charge is 0.364 e. The van der Waals surface area contributed by atoms with Crippen molar-refractivity contribution >= 4 is 23.1 Å². The molecule has 5 nitrogen and oxygen atoms in total. The number of benzene rings is 2. The highest BCUT2D eigenvalue weighted by Gasteiger charge is 2.43. The maximum absolute atomic E-state index is 13.5. The molecule has 2 heterocycles. The molecule has 1 fully saturated rings. The van der Waals surface area contributed by atoms with Crippen molar-refractivity contribution in [2.45, 2.75) is 20.8 Å². The molecule has 0 saturated carbocycles. The van der Waals surface area contributed by atoms with E-state index in [2.05, 4.69) is 16.7 Å². The molecule has 150 valence electrons. The molecular weight excluding hydrogens is 362 g/mol. The first-order chi connectivity index (χ1) is 14.0. The number of carbonyl (C=O) groups excluding carboxylic acids is 2. The zero-order valence-electron chi connectivity index (χ0n) is 17.3. The van der Waals surface area contributed by atoms with Gasteiger partial charge in [-0.1, -0.05) is 43.3 Å². The number of anilines is 1. The Hall–Kier alpha value is -2.92. The summed E-state index contributed by atoms with van der Waals surface area (Å²) in [5.74, 6) is -0.459. The molecule has 0 aliphatic carbocycles. The minimum absolute atomic E-state index is 0.220. The number of hydrogen-bond donors (Lipinski definition) is 0. The first-order valence-corrected chi connectivity index (χ1v) is 10.2. The number of imide groups is 1. The lowest BCUT2D eigenvalue weighted by Gasteiger charge is -2.36. The number of carbonyl (C=O) groups is 2. The lowest BCUT2D eigenvalue weighted by molar-refractivity contribution is -0.120. The molecule has 2 aromatic rings. The standard InChI is InChI=1S/C24H27N3O2/c1-4-25-12-14-26(15-13-25)22-21(19-8-6-5-7-9-19)23(28)27(24(22)29)20-11-10-17(2)18(3)16-20/h5-11,16H,4,12-15H2,1-3H3. The van der Waals surface area contributed by atoms with Crippen LogP contribution in [0.5, 0.6) is 0 Å². The molecule has 0 N–H and O–H groups in total. The summed E-state index contributed by atoms with van der Waals surface area (Å²) in [4.78, 5) is 32.8. The number of likely N-dealkylation sites (N-methyl/N-ethyl adjacent to an activating group) is 1. The second-order valence-electron chi connectivity index (χ2n) is 7.73. The van der Waals surface area contributed by atoms with Gasteiger partial charge in [0.25, 0.3) is 11.8 Å². The third-order valence-electron chi connectivity index (χ3n) is 6.01. The molecule has 0 spiro atoms. The van der Waals surface area contributed by atoms with Gasteiger partial charge < -0.3 is 9.80 Å². The van der Waals surface area contributed by atoms with Crippen LogP contribution in [0.25, 0.3) is 5.57 Å². The molecule has 1 saturated heterocycles. The van der Waals surface area contributed by atoms with Gasteiger partial charge >= 0.3 is 0 Å². The van der Waals surface area contributed by atoms with E-state index in [1.54, 1.807) is 0 Å². The Morgan fingerprint density at radius 3 is 2.14 bits per heavy atom. The van der Waals surface area contributed by atoms with E-state index in [1.165, 1.54) is 4.90 Å². The Labute approximate surface area is 172 Å². The van der Waals surface area contributed by atoms with Crippen molar-refractivity contribution in [3.63, 3.8) is 0 Å². The summed E-state index contributed by atoms with van der Waals surface area (Å²) in [7, 11) is 0. The van der Waals surface area contributed by atoms with Crippen LogP contribution in [0.15, 0.2) is 54.2 Å². The minimum Gasteiger partial charge on any atom is -0.364 e. The topological polar surface area (TPSA) is 43.9 Å². The van der Waals surface area contributed by atoms with Crippen molar-refractivity contribution in [1.82, 2.24) is 9.80 Å². The van der Waals surface area contributed by atoms with Crippen LogP contribution in [0.3, 0.4) is 0 Å². The summed E-state index contributed by atoms with van der Waals surface area (Å²) in [6.45, 7) is 10.5. The number of nitrogens with zero attached hydrogens (tertiary/aromatic N) is 3. The van der Waals surface area contributed by atoms with Crippen LogP contribution in [-0.2, 0) is 9.59 Å². The molecular formula is C24H27N3O2. The first-order valence-electron chi connectivity index (χ1n) is 10.2. The maximum Gasteiger partial charge on any atom is 0.282 e. The molecule has 0 bridgehead atoms. The van der Waals surface area contributed by atoms with E-state index in [4.69, 9.17) is 0 Å². The molecule has 0 radical (unpaired) electrons. The van der Waals surface area contributed by atoms with Crippen LogP contribution >= 0.6 is 0 Å². The molecule has 4 rings (SSSR count). The second kappa shape index (κ2) is 7.84. The van der Waals surface area contributed by atoms with Gasteiger partial charge in [0.05, 0.1) is 11.3 Å². The lowest BCUT2D eigenvalue weighted by Crippen LogP contribution is -2.47. The van der Waals surface area contributed by atoms with E-state index in [0.717, 1.165) is 49.4 Å². The summed E-state index contributed by atoms with van der Waals surface area (Å²) in [5.41, 5.74) is 4.69. The average Bonchev–Trinajstić information content (AvgIpc) is 3.01. The predicted molar refractivity (Wildman–Crippen MR) is 115 cm³/mol. The lowest BCUT2D eigenvalue weighted by atomic mass is 10.0. The number of hydrogen-bond acceptors (Lipinski definition) is 4. The number of amides is 2. The summed E-state index contributed by atoms with van der Waals surface area (Å²) in [5, 5.41) is 0. The van der Waals surface area contributed by atoms with E-state index < -0.39 is 0 Å². The number of piperazine rings is 1. The summed E-state index contributed by atoms with van der Waals surface area (Å²) < 4.78 is 0. The van der Waals surface area contributed by atoms with Gasteiger partial charge in [-0.15, -0.1) is 0 Å². The Kier molecular flexibility index (Phi) is 5.24. The molecule has 0 unspecified atom stereocenters. The van der Waals surface area contributed by atoms with Crippen LogP contribution in [0, 0.1) is 13.8 Å². The molecule has 5 heteroatoms.